The van der Waals surface area contributed by atoms with Gasteiger partial charge >= 0.3 is 0 Å². The van der Waals surface area contributed by atoms with E-state index in [0.717, 1.165) is 13.1 Å². The van der Waals surface area contributed by atoms with Crippen LogP contribution in [0.25, 0.3) is 0 Å². The number of anilines is 2. The number of hydrogen-bond acceptors (Lipinski definition) is 6. The van der Waals surface area contributed by atoms with Crippen LogP contribution >= 0.6 is 11.6 Å². The Morgan fingerprint density at radius 1 is 1.24 bits per heavy atom. The van der Waals surface area contributed by atoms with Gasteiger partial charge in [-0.1, -0.05) is 0 Å². The van der Waals surface area contributed by atoms with E-state index in [0.29, 0.717) is 17.9 Å². The summed E-state index contributed by atoms with van der Waals surface area (Å²) in [5, 5.41) is 6.13. The smallest absolute Gasteiger partial charge is 0.228 e. The van der Waals surface area contributed by atoms with Gasteiger partial charge in [0.25, 0.3) is 0 Å². The lowest BCUT2D eigenvalue weighted by atomic mass is 10.3. The number of hydrogen-bond donors (Lipinski definition) is 2. The zero-order valence-electron chi connectivity index (χ0n) is 10.7. The average molecular weight is 259 g/mol. The zero-order chi connectivity index (χ0) is 12.8. The van der Waals surface area contributed by atoms with Gasteiger partial charge in [0.05, 0.1) is 0 Å². The molecular weight excluding hydrogens is 240 g/mol. The molecule has 0 spiro atoms. The summed E-state index contributed by atoms with van der Waals surface area (Å²) in [7, 11) is 3.81. The maximum Gasteiger partial charge on any atom is 0.228 e. The van der Waals surface area contributed by atoms with Crippen LogP contribution in [-0.4, -0.2) is 53.1 Å². The third-order valence-electron chi connectivity index (χ3n) is 2.46. The molecule has 96 valence electrons. The highest BCUT2D eigenvalue weighted by molar-refractivity contribution is 6.28. The van der Waals surface area contributed by atoms with Gasteiger partial charge in [0.15, 0.2) is 0 Å². The molecule has 1 rings (SSSR count). The summed E-state index contributed by atoms with van der Waals surface area (Å²) in [6.45, 7) is 5.98. The maximum absolute atomic E-state index is 5.77. The first-order valence-corrected chi connectivity index (χ1v) is 5.94. The highest BCUT2D eigenvalue weighted by Gasteiger charge is 2.05. The van der Waals surface area contributed by atoms with Crippen LogP contribution in [0.4, 0.5) is 11.9 Å². The number of nitrogens with one attached hydrogen (secondary N) is 2. The fourth-order valence-corrected chi connectivity index (χ4v) is 1.30. The average Bonchev–Trinajstić information content (AvgIpc) is 2.27. The molecule has 0 saturated carbocycles. The summed E-state index contributed by atoms with van der Waals surface area (Å²) >= 11 is 5.77. The summed E-state index contributed by atoms with van der Waals surface area (Å²) in [5.41, 5.74) is 0. The van der Waals surface area contributed by atoms with Gasteiger partial charge in [-0.05, 0) is 32.5 Å². The number of aromatic nitrogens is 3. The summed E-state index contributed by atoms with van der Waals surface area (Å²) < 4.78 is 0. The Bertz CT molecular complexity index is 357. The van der Waals surface area contributed by atoms with Crippen molar-refractivity contribution in [3.8, 4) is 0 Å². The lowest BCUT2D eigenvalue weighted by Crippen LogP contribution is -2.31. The fourth-order valence-electron chi connectivity index (χ4n) is 1.14. The van der Waals surface area contributed by atoms with Crippen LogP contribution in [0.5, 0.6) is 0 Å². The molecule has 1 heterocycles. The molecule has 6 nitrogen and oxygen atoms in total. The number of halogens is 1. The van der Waals surface area contributed by atoms with Gasteiger partial charge in [0.2, 0.25) is 17.2 Å². The molecule has 0 fully saturated rings. The van der Waals surface area contributed by atoms with E-state index in [2.05, 4.69) is 51.4 Å². The van der Waals surface area contributed by atoms with E-state index in [1.165, 1.54) is 0 Å². The van der Waals surface area contributed by atoms with E-state index in [1.54, 1.807) is 7.05 Å². The second-order valence-corrected chi connectivity index (χ2v) is 4.34. The first-order valence-electron chi connectivity index (χ1n) is 5.56. The van der Waals surface area contributed by atoms with Crippen molar-refractivity contribution in [2.24, 2.45) is 0 Å². The second kappa shape index (κ2) is 6.56. The Morgan fingerprint density at radius 2 is 1.88 bits per heavy atom. The van der Waals surface area contributed by atoms with Crippen molar-refractivity contribution in [3.63, 3.8) is 0 Å². The van der Waals surface area contributed by atoms with Gasteiger partial charge in [0.1, 0.15) is 0 Å². The minimum Gasteiger partial charge on any atom is -0.357 e. The number of likely N-dealkylation sites (N-methyl/N-ethyl adjacent to an activating group) is 1. The maximum atomic E-state index is 5.77. The van der Waals surface area contributed by atoms with Crippen LogP contribution in [0.2, 0.25) is 5.28 Å². The van der Waals surface area contributed by atoms with Crippen LogP contribution < -0.4 is 10.6 Å². The molecule has 0 radical (unpaired) electrons. The molecule has 1 aromatic rings. The minimum atomic E-state index is 0.184. The van der Waals surface area contributed by atoms with Gasteiger partial charge in [-0.2, -0.15) is 15.0 Å². The molecule has 0 atom stereocenters. The third kappa shape index (κ3) is 4.70. The lowest BCUT2D eigenvalue weighted by Gasteiger charge is -2.20. The first kappa shape index (κ1) is 13.9. The second-order valence-electron chi connectivity index (χ2n) is 4.00. The lowest BCUT2D eigenvalue weighted by molar-refractivity contribution is 0.284. The van der Waals surface area contributed by atoms with Crippen LogP contribution in [0.1, 0.15) is 13.8 Å². The van der Waals surface area contributed by atoms with Crippen LogP contribution in [0.3, 0.4) is 0 Å². The van der Waals surface area contributed by atoms with Crippen LogP contribution in [0, 0.1) is 0 Å². The van der Waals surface area contributed by atoms with Crippen molar-refractivity contribution >= 4 is 23.5 Å². The Balaban J connectivity index is 2.49. The molecule has 0 aliphatic heterocycles. The largest absolute Gasteiger partial charge is 0.357 e. The summed E-state index contributed by atoms with van der Waals surface area (Å²) in [5.74, 6) is 0.955. The van der Waals surface area contributed by atoms with E-state index in [1.807, 2.05) is 0 Å². The van der Waals surface area contributed by atoms with Gasteiger partial charge in [0, 0.05) is 26.2 Å². The fraction of sp³-hybridized carbons (Fsp3) is 0.700. The molecular formula is C10H19ClN6. The van der Waals surface area contributed by atoms with Crippen molar-refractivity contribution in [1.82, 2.24) is 19.9 Å². The van der Waals surface area contributed by atoms with Crippen LogP contribution in [-0.2, 0) is 0 Å². The molecule has 0 saturated heterocycles. The van der Waals surface area contributed by atoms with E-state index in [-0.39, 0.29) is 5.28 Å². The van der Waals surface area contributed by atoms with Gasteiger partial charge in [-0.3, -0.25) is 0 Å². The summed E-state index contributed by atoms with van der Waals surface area (Å²) in [6, 6.07) is 0.520. The van der Waals surface area contributed by atoms with Gasteiger partial charge in [-0.25, -0.2) is 0 Å². The monoisotopic (exact) mass is 258 g/mol. The number of nitrogens with zero attached hydrogens (tertiary/aromatic N) is 4. The van der Waals surface area contributed by atoms with Crippen LogP contribution in [0.15, 0.2) is 0 Å². The van der Waals surface area contributed by atoms with Gasteiger partial charge in [-0.15, -0.1) is 0 Å². The van der Waals surface area contributed by atoms with Crippen molar-refractivity contribution in [2.45, 2.75) is 19.9 Å². The topological polar surface area (TPSA) is 66.0 Å². The SMILES string of the molecule is CNc1nc(Cl)nc(NCCN(C)C(C)C)n1. The molecule has 0 aliphatic carbocycles. The Kier molecular flexibility index (Phi) is 5.37. The van der Waals surface area contributed by atoms with Crippen molar-refractivity contribution in [3.05, 3.63) is 5.28 Å². The molecule has 0 aliphatic rings. The predicted octanol–water partition coefficient (Wildman–Crippen LogP) is 1.32. The molecule has 7 heteroatoms. The van der Waals surface area contributed by atoms with Gasteiger partial charge < -0.3 is 15.5 Å². The Morgan fingerprint density at radius 3 is 2.47 bits per heavy atom. The molecule has 2 N–H and O–H groups in total. The zero-order valence-corrected chi connectivity index (χ0v) is 11.4. The molecule has 1 aromatic heterocycles. The molecule has 0 unspecified atom stereocenters. The van der Waals surface area contributed by atoms with E-state index in [9.17, 15) is 0 Å². The highest BCUT2D eigenvalue weighted by atomic mass is 35.5. The van der Waals surface area contributed by atoms with E-state index < -0.39 is 0 Å². The Labute approximate surface area is 107 Å². The summed E-state index contributed by atoms with van der Waals surface area (Å²) in [6.07, 6.45) is 0. The molecule has 0 amide bonds. The normalized spacial score (nSPS) is 11.0. The quantitative estimate of drug-likeness (QED) is 0.802. The van der Waals surface area contributed by atoms with E-state index in [4.69, 9.17) is 11.6 Å². The Hall–Kier alpha value is -1.14. The minimum absolute atomic E-state index is 0.184. The van der Waals surface area contributed by atoms with Crippen molar-refractivity contribution in [2.75, 3.05) is 37.8 Å². The number of rotatable bonds is 6. The first-order chi connectivity index (χ1) is 8.02. The third-order valence-corrected chi connectivity index (χ3v) is 2.63. The molecule has 17 heavy (non-hydrogen) atoms. The highest BCUT2D eigenvalue weighted by Crippen LogP contribution is 2.08. The summed E-state index contributed by atoms with van der Waals surface area (Å²) in [4.78, 5) is 14.3. The van der Waals surface area contributed by atoms with Crippen molar-refractivity contribution < 1.29 is 0 Å². The van der Waals surface area contributed by atoms with E-state index >= 15 is 0 Å². The molecule has 0 bridgehead atoms. The van der Waals surface area contributed by atoms with Crippen molar-refractivity contribution in [1.29, 1.82) is 0 Å². The molecule has 0 aromatic carbocycles. The standard InChI is InChI=1S/C10H19ClN6/c1-7(2)17(4)6-5-13-10-15-8(11)14-9(12-3)16-10/h7H,5-6H2,1-4H3,(H2,12,13,14,15,16). The predicted molar refractivity (Wildman–Crippen MR) is 70.6 cm³/mol.